The second kappa shape index (κ2) is 6.06. The molecule has 0 saturated carbocycles. The van der Waals surface area contributed by atoms with Gasteiger partial charge in [-0.05, 0) is 19.9 Å². The molecule has 19 heavy (non-hydrogen) atoms. The van der Waals surface area contributed by atoms with E-state index in [1.54, 1.807) is 31.7 Å². The largest absolute Gasteiger partial charge is 0.462 e. The van der Waals surface area contributed by atoms with Crippen molar-refractivity contribution >= 4 is 23.7 Å². The number of esters is 2. The predicted molar refractivity (Wildman–Crippen MR) is 70.6 cm³/mol. The third kappa shape index (κ3) is 2.89. The van der Waals surface area contributed by atoms with E-state index in [1.165, 1.54) is 0 Å². The number of aromatic nitrogens is 1. The first-order chi connectivity index (χ1) is 9.17. The van der Waals surface area contributed by atoms with Gasteiger partial charge in [-0.25, -0.2) is 14.6 Å². The summed E-state index contributed by atoms with van der Waals surface area (Å²) in [5.41, 5.74) is 1.09. The topological polar surface area (TPSA) is 65.5 Å². The first-order valence-corrected chi connectivity index (χ1v) is 7.16. The average Bonchev–Trinajstić information content (AvgIpc) is 2.85. The lowest BCUT2D eigenvalue weighted by atomic mass is 10.1. The SMILES string of the molecule is CCOC(=O)c1cc2c(nc1C(=O)OCC)CCS2. The van der Waals surface area contributed by atoms with Gasteiger partial charge in [0, 0.05) is 17.1 Å². The Balaban J connectivity index is 2.43. The fourth-order valence-electron chi connectivity index (χ4n) is 1.81. The zero-order valence-corrected chi connectivity index (χ0v) is 11.7. The van der Waals surface area contributed by atoms with Crippen molar-refractivity contribution in [1.82, 2.24) is 4.98 Å². The maximum atomic E-state index is 11.9. The van der Waals surface area contributed by atoms with Crippen molar-refractivity contribution in [3.05, 3.63) is 23.0 Å². The molecule has 0 fully saturated rings. The molecule has 0 atom stereocenters. The Morgan fingerprint density at radius 3 is 2.63 bits per heavy atom. The third-order valence-corrected chi connectivity index (χ3v) is 3.70. The van der Waals surface area contributed by atoms with Crippen LogP contribution in [0.15, 0.2) is 11.0 Å². The molecule has 0 aromatic carbocycles. The molecular weight excluding hydrogens is 266 g/mol. The molecule has 2 rings (SSSR count). The highest BCUT2D eigenvalue weighted by Gasteiger charge is 2.25. The van der Waals surface area contributed by atoms with Gasteiger partial charge in [0.15, 0.2) is 5.69 Å². The molecule has 1 aromatic rings. The number of ether oxygens (including phenoxy) is 2. The summed E-state index contributed by atoms with van der Waals surface area (Å²) >= 11 is 1.63. The zero-order chi connectivity index (χ0) is 13.8. The van der Waals surface area contributed by atoms with Crippen LogP contribution in [0, 0.1) is 0 Å². The highest BCUT2D eigenvalue weighted by molar-refractivity contribution is 7.99. The van der Waals surface area contributed by atoms with Crippen molar-refractivity contribution in [3.63, 3.8) is 0 Å². The number of nitrogens with zero attached hydrogens (tertiary/aromatic N) is 1. The monoisotopic (exact) mass is 281 g/mol. The molecule has 1 aliphatic rings. The zero-order valence-electron chi connectivity index (χ0n) is 10.9. The van der Waals surface area contributed by atoms with Crippen molar-refractivity contribution in [1.29, 1.82) is 0 Å². The molecule has 0 bridgehead atoms. The van der Waals surface area contributed by atoms with Crippen molar-refractivity contribution in [2.75, 3.05) is 19.0 Å². The van der Waals surface area contributed by atoms with Crippen LogP contribution in [0.1, 0.15) is 40.4 Å². The van der Waals surface area contributed by atoms with Crippen LogP contribution < -0.4 is 0 Å². The molecule has 0 unspecified atom stereocenters. The molecule has 1 aromatic heterocycles. The van der Waals surface area contributed by atoms with Crippen LogP contribution >= 0.6 is 11.8 Å². The first kappa shape index (κ1) is 13.9. The molecule has 0 aliphatic carbocycles. The number of rotatable bonds is 4. The minimum Gasteiger partial charge on any atom is -0.462 e. The smallest absolute Gasteiger partial charge is 0.357 e. The number of pyridine rings is 1. The summed E-state index contributed by atoms with van der Waals surface area (Å²) in [5, 5.41) is 0. The molecule has 2 heterocycles. The van der Waals surface area contributed by atoms with E-state index < -0.39 is 11.9 Å². The summed E-state index contributed by atoms with van der Waals surface area (Å²) in [6.07, 6.45) is 0.801. The summed E-state index contributed by atoms with van der Waals surface area (Å²) in [7, 11) is 0. The minimum atomic E-state index is -0.578. The van der Waals surface area contributed by atoms with Gasteiger partial charge in [-0.2, -0.15) is 0 Å². The van der Waals surface area contributed by atoms with E-state index in [0.29, 0.717) is 0 Å². The number of carbonyl (C=O) groups excluding carboxylic acids is 2. The van der Waals surface area contributed by atoms with E-state index in [0.717, 1.165) is 22.8 Å². The maximum Gasteiger partial charge on any atom is 0.357 e. The number of thioether (sulfide) groups is 1. The van der Waals surface area contributed by atoms with Crippen molar-refractivity contribution in [3.8, 4) is 0 Å². The van der Waals surface area contributed by atoms with Gasteiger partial charge in [-0.3, -0.25) is 0 Å². The van der Waals surface area contributed by atoms with Crippen LogP contribution in [0.2, 0.25) is 0 Å². The van der Waals surface area contributed by atoms with E-state index >= 15 is 0 Å². The number of hydrogen-bond donors (Lipinski definition) is 0. The van der Waals surface area contributed by atoms with Crippen molar-refractivity contribution in [2.45, 2.75) is 25.2 Å². The van der Waals surface area contributed by atoms with Gasteiger partial charge in [0.05, 0.1) is 24.5 Å². The quantitative estimate of drug-likeness (QED) is 0.787. The summed E-state index contributed by atoms with van der Waals surface area (Å²) in [4.78, 5) is 29.0. The van der Waals surface area contributed by atoms with Crippen LogP contribution in [-0.2, 0) is 15.9 Å². The van der Waals surface area contributed by atoms with E-state index in [-0.39, 0.29) is 24.5 Å². The first-order valence-electron chi connectivity index (χ1n) is 6.18. The Kier molecular flexibility index (Phi) is 4.42. The van der Waals surface area contributed by atoms with Gasteiger partial charge in [0.1, 0.15) is 0 Å². The van der Waals surface area contributed by atoms with E-state index in [4.69, 9.17) is 9.47 Å². The molecule has 0 saturated heterocycles. The number of hydrogen-bond acceptors (Lipinski definition) is 6. The highest BCUT2D eigenvalue weighted by atomic mass is 32.2. The molecule has 0 radical (unpaired) electrons. The molecule has 6 heteroatoms. The molecule has 5 nitrogen and oxygen atoms in total. The van der Waals surface area contributed by atoms with Crippen LogP contribution in [0.4, 0.5) is 0 Å². The molecule has 102 valence electrons. The minimum absolute atomic E-state index is 0.0570. The molecule has 1 aliphatic heterocycles. The van der Waals surface area contributed by atoms with Gasteiger partial charge >= 0.3 is 11.9 Å². The van der Waals surface area contributed by atoms with Crippen molar-refractivity contribution in [2.24, 2.45) is 0 Å². The van der Waals surface area contributed by atoms with Gasteiger partial charge in [0.25, 0.3) is 0 Å². The van der Waals surface area contributed by atoms with Crippen LogP contribution in [0.25, 0.3) is 0 Å². The van der Waals surface area contributed by atoms with Crippen LogP contribution in [0.5, 0.6) is 0 Å². The summed E-state index contributed by atoms with van der Waals surface area (Å²) in [6.45, 7) is 3.93. The lowest BCUT2D eigenvalue weighted by Gasteiger charge is -2.09. The molecule has 0 spiro atoms. The summed E-state index contributed by atoms with van der Waals surface area (Å²) in [5.74, 6) is -0.199. The number of aryl methyl sites for hydroxylation is 1. The third-order valence-electron chi connectivity index (χ3n) is 2.62. The van der Waals surface area contributed by atoms with Crippen LogP contribution in [0.3, 0.4) is 0 Å². The Morgan fingerprint density at radius 2 is 1.95 bits per heavy atom. The lowest BCUT2D eigenvalue weighted by molar-refractivity contribution is 0.0472. The van der Waals surface area contributed by atoms with E-state index in [9.17, 15) is 9.59 Å². The van der Waals surface area contributed by atoms with Crippen molar-refractivity contribution < 1.29 is 19.1 Å². The Bertz CT molecular complexity index is 471. The fraction of sp³-hybridized carbons (Fsp3) is 0.462. The van der Waals surface area contributed by atoms with E-state index in [1.807, 2.05) is 0 Å². The maximum absolute atomic E-state index is 11.9. The lowest BCUT2D eigenvalue weighted by Crippen LogP contribution is -2.17. The Hall–Kier alpha value is -1.56. The van der Waals surface area contributed by atoms with E-state index in [2.05, 4.69) is 4.98 Å². The second-order valence-corrected chi connectivity index (χ2v) is 5.01. The number of carbonyl (C=O) groups is 2. The molecule has 0 amide bonds. The summed E-state index contributed by atoms with van der Waals surface area (Å²) < 4.78 is 9.90. The molecular formula is C13H15NO4S. The fourth-order valence-corrected chi connectivity index (χ4v) is 2.85. The Labute approximate surface area is 115 Å². The van der Waals surface area contributed by atoms with Gasteiger partial charge < -0.3 is 9.47 Å². The standard InChI is InChI=1S/C13H15NO4S/c1-3-17-12(15)8-7-10-9(5-6-19-10)14-11(8)13(16)18-4-2/h7H,3-6H2,1-2H3. The predicted octanol–water partition coefficient (Wildman–Crippen LogP) is 2.08. The number of fused-ring (bicyclic) bond motifs is 1. The van der Waals surface area contributed by atoms with Gasteiger partial charge in [-0.1, -0.05) is 0 Å². The Morgan fingerprint density at radius 1 is 1.26 bits per heavy atom. The van der Waals surface area contributed by atoms with Crippen LogP contribution in [-0.4, -0.2) is 35.9 Å². The van der Waals surface area contributed by atoms with Gasteiger partial charge in [0.2, 0.25) is 0 Å². The summed E-state index contributed by atoms with van der Waals surface area (Å²) in [6, 6.07) is 1.68. The normalized spacial score (nSPS) is 12.9. The van der Waals surface area contributed by atoms with Gasteiger partial charge in [-0.15, -0.1) is 11.8 Å². The highest BCUT2D eigenvalue weighted by Crippen LogP contribution is 2.31. The average molecular weight is 281 g/mol. The molecule has 0 N–H and O–H groups in total. The second-order valence-electron chi connectivity index (χ2n) is 3.87.